The van der Waals surface area contributed by atoms with Gasteiger partial charge in [-0.25, -0.2) is 9.37 Å². The molecule has 0 spiro atoms. The van der Waals surface area contributed by atoms with Crippen molar-refractivity contribution in [3.63, 3.8) is 0 Å². The first kappa shape index (κ1) is 27.0. The minimum absolute atomic E-state index is 0.0783. The molecule has 2 amide bonds. The van der Waals surface area contributed by atoms with E-state index < -0.39 is 5.82 Å². The van der Waals surface area contributed by atoms with Gasteiger partial charge in [0, 0.05) is 43.4 Å². The second kappa shape index (κ2) is 13.5. The molecule has 8 nitrogen and oxygen atoms in total. The molecule has 1 aliphatic rings. The van der Waals surface area contributed by atoms with Crippen LogP contribution in [0.3, 0.4) is 0 Å². The number of nitrogens with zero attached hydrogens (tertiary/aromatic N) is 4. The lowest BCUT2D eigenvalue weighted by Gasteiger charge is -2.26. The van der Waals surface area contributed by atoms with Gasteiger partial charge in [0.2, 0.25) is 0 Å². The number of amides is 2. The highest BCUT2D eigenvalue weighted by molar-refractivity contribution is 7.09. The smallest absolute Gasteiger partial charge is 0.270 e. The molecule has 2 aromatic heterocycles. The summed E-state index contributed by atoms with van der Waals surface area (Å²) in [5.41, 5.74) is 1.42. The molecule has 1 aliphatic heterocycles. The van der Waals surface area contributed by atoms with Crippen molar-refractivity contribution in [1.82, 2.24) is 24.7 Å². The van der Waals surface area contributed by atoms with E-state index in [1.54, 1.807) is 22.4 Å². The number of carbonyl (C=O) groups is 2. The number of hydrogen-bond acceptors (Lipinski definition) is 6. The maximum Gasteiger partial charge on any atom is 0.270 e. The molecule has 198 valence electrons. The van der Waals surface area contributed by atoms with Crippen LogP contribution in [0.1, 0.15) is 51.3 Å². The molecule has 0 aliphatic carbocycles. The van der Waals surface area contributed by atoms with Gasteiger partial charge in [-0.3, -0.25) is 14.5 Å². The molecule has 1 fully saturated rings. The Kier molecular flexibility index (Phi) is 9.81. The van der Waals surface area contributed by atoms with Gasteiger partial charge >= 0.3 is 0 Å². The van der Waals surface area contributed by atoms with Crippen LogP contribution in [-0.2, 0) is 17.8 Å². The first-order valence-corrected chi connectivity index (χ1v) is 13.6. The van der Waals surface area contributed by atoms with Crippen LogP contribution in [0.25, 0.3) is 0 Å². The van der Waals surface area contributed by atoms with E-state index in [2.05, 4.69) is 15.2 Å². The van der Waals surface area contributed by atoms with E-state index >= 15 is 0 Å². The monoisotopic (exact) mass is 527 g/mol. The Bertz CT molecular complexity index is 1170. The van der Waals surface area contributed by atoms with Crippen LogP contribution < -0.4 is 5.32 Å². The highest BCUT2D eigenvalue weighted by atomic mass is 32.1. The van der Waals surface area contributed by atoms with Crippen molar-refractivity contribution in [1.29, 1.82) is 0 Å². The lowest BCUT2D eigenvalue weighted by atomic mass is 10.1. The van der Waals surface area contributed by atoms with Crippen LogP contribution >= 0.6 is 11.3 Å². The maximum atomic E-state index is 14.2. The Hall–Kier alpha value is -3.08. The van der Waals surface area contributed by atoms with Gasteiger partial charge in [-0.15, -0.1) is 11.3 Å². The minimum Gasteiger partial charge on any atom is -0.379 e. The second-order valence-corrected chi connectivity index (χ2v) is 9.97. The van der Waals surface area contributed by atoms with E-state index in [1.165, 1.54) is 23.5 Å². The standard InChI is InChI=1S/C27H34FN5O3S/c1-2-11-33(27(35)22-8-3-4-9-23(22)28)18-21-7-5-13-32(21)19-25-30-24(20-37-25)26(34)29-10-6-12-31-14-16-36-17-15-31/h3-5,7-9,13,20H,2,6,10-12,14-19H2,1H3,(H,29,34). The number of morpholine rings is 1. The Morgan fingerprint density at radius 1 is 1.19 bits per heavy atom. The van der Waals surface area contributed by atoms with Crippen molar-refractivity contribution in [2.45, 2.75) is 32.9 Å². The third-order valence-corrected chi connectivity index (χ3v) is 7.13. The van der Waals surface area contributed by atoms with E-state index in [9.17, 15) is 14.0 Å². The average molecular weight is 528 g/mol. The number of carbonyl (C=O) groups excluding carboxylic acids is 2. The summed E-state index contributed by atoms with van der Waals surface area (Å²) in [5.74, 6) is -1.00. The topological polar surface area (TPSA) is 79.7 Å². The van der Waals surface area contributed by atoms with Crippen molar-refractivity contribution < 1.29 is 18.7 Å². The number of aromatic nitrogens is 2. The van der Waals surface area contributed by atoms with Gasteiger partial charge in [-0.2, -0.15) is 0 Å². The van der Waals surface area contributed by atoms with Crippen LogP contribution in [0, 0.1) is 5.82 Å². The molecular weight excluding hydrogens is 493 g/mol. The van der Waals surface area contributed by atoms with Crippen LogP contribution in [0.5, 0.6) is 0 Å². The second-order valence-electron chi connectivity index (χ2n) is 9.02. The third kappa shape index (κ3) is 7.47. The van der Waals surface area contributed by atoms with Crippen molar-refractivity contribution in [2.75, 3.05) is 45.9 Å². The number of hydrogen-bond donors (Lipinski definition) is 1. The van der Waals surface area contributed by atoms with Crippen LogP contribution in [0.15, 0.2) is 48.0 Å². The van der Waals surface area contributed by atoms with E-state index in [0.717, 1.165) is 56.4 Å². The zero-order valence-corrected chi connectivity index (χ0v) is 22.0. The first-order valence-electron chi connectivity index (χ1n) is 12.8. The fraction of sp³-hybridized carbons (Fsp3) is 0.444. The number of ether oxygens (including phenoxy) is 1. The van der Waals surface area contributed by atoms with Gasteiger partial charge in [0.05, 0.1) is 31.9 Å². The van der Waals surface area contributed by atoms with Crippen molar-refractivity contribution >= 4 is 23.2 Å². The normalized spacial score (nSPS) is 14.0. The van der Waals surface area contributed by atoms with E-state index in [0.29, 0.717) is 31.9 Å². The highest BCUT2D eigenvalue weighted by Gasteiger charge is 2.20. The fourth-order valence-corrected chi connectivity index (χ4v) is 5.10. The molecule has 4 rings (SSSR count). The first-order chi connectivity index (χ1) is 18.0. The minimum atomic E-state index is -0.515. The Labute approximate surface area is 221 Å². The number of thiazole rings is 1. The van der Waals surface area contributed by atoms with Crippen LogP contribution in [0.2, 0.25) is 0 Å². The Morgan fingerprint density at radius 3 is 2.78 bits per heavy atom. The van der Waals surface area contributed by atoms with Crippen molar-refractivity contribution in [3.8, 4) is 0 Å². The summed E-state index contributed by atoms with van der Waals surface area (Å²) in [5, 5.41) is 5.54. The molecule has 1 saturated heterocycles. The van der Waals surface area contributed by atoms with E-state index in [-0.39, 0.29) is 17.4 Å². The molecule has 0 atom stereocenters. The zero-order valence-electron chi connectivity index (χ0n) is 21.2. The van der Waals surface area contributed by atoms with Crippen molar-refractivity contribution in [2.24, 2.45) is 0 Å². The molecule has 1 aromatic carbocycles. The van der Waals surface area contributed by atoms with Crippen LogP contribution in [0.4, 0.5) is 4.39 Å². The van der Waals surface area contributed by atoms with Crippen LogP contribution in [-0.4, -0.2) is 77.1 Å². The average Bonchev–Trinajstić information content (AvgIpc) is 3.57. The Balaban J connectivity index is 1.32. The predicted molar refractivity (Wildman–Crippen MR) is 141 cm³/mol. The quantitative estimate of drug-likeness (QED) is 0.364. The molecule has 0 bridgehead atoms. The van der Waals surface area contributed by atoms with Crippen molar-refractivity contribution in [3.05, 3.63) is 75.8 Å². The van der Waals surface area contributed by atoms with Gasteiger partial charge in [-0.05, 0) is 43.7 Å². The summed E-state index contributed by atoms with van der Waals surface area (Å²) in [6.07, 6.45) is 3.58. The summed E-state index contributed by atoms with van der Waals surface area (Å²) >= 11 is 1.44. The molecule has 3 heterocycles. The number of halogens is 1. The molecule has 0 saturated carbocycles. The number of rotatable bonds is 12. The molecule has 0 unspecified atom stereocenters. The SMILES string of the molecule is CCCN(Cc1cccn1Cc1nc(C(=O)NCCCN2CCOCC2)cs1)C(=O)c1ccccc1F. The molecule has 0 radical (unpaired) electrons. The largest absolute Gasteiger partial charge is 0.379 e. The lowest BCUT2D eigenvalue weighted by Crippen LogP contribution is -2.38. The lowest BCUT2D eigenvalue weighted by molar-refractivity contribution is 0.0374. The van der Waals surface area contributed by atoms with Gasteiger partial charge in [0.25, 0.3) is 11.8 Å². The van der Waals surface area contributed by atoms with E-state index in [1.807, 2.05) is 29.8 Å². The van der Waals surface area contributed by atoms with Gasteiger partial charge in [0.15, 0.2) is 0 Å². The highest BCUT2D eigenvalue weighted by Crippen LogP contribution is 2.17. The number of nitrogens with one attached hydrogen (secondary N) is 1. The summed E-state index contributed by atoms with van der Waals surface area (Å²) in [7, 11) is 0. The van der Waals surface area contributed by atoms with Gasteiger partial charge < -0.3 is 19.5 Å². The van der Waals surface area contributed by atoms with Gasteiger partial charge in [-0.1, -0.05) is 19.1 Å². The molecule has 3 aromatic rings. The zero-order chi connectivity index (χ0) is 26.0. The maximum absolute atomic E-state index is 14.2. The molecule has 10 heteroatoms. The molecule has 37 heavy (non-hydrogen) atoms. The molecule has 1 N–H and O–H groups in total. The summed E-state index contributed by atoms with van der Waals surface area (Å²) in [4.78, 5) is 34.1. The predicted octanol–water partition coefficient (Wildman–Crippen LogP) is 3.64. The summed E-state index contributed by atoms with van der Waals surface area (Å²) in [6, 6.07) is 9.94. The number of benzene rings is 1. The summed E-state index contributed by atoms with van der Waals surface area (Å²) < 4.78 is 21.6. The molecular formula is C27H34FN5O3S. The van der Waals surface area contributed by atoms with E-state index in [4.69, 9.17) is 4.74 Å². The fourth-order valence-electron chi connectivity index (χ4n) is 4.32. The third-order valence-electron chi connectivity index (χ3n) is 6.29. The Morgan fingerprint density at radius 2 is 2.00 bits per heavy atom. The van der Waals surface area contributed by atoms with Gasteiger partial charge in [0.1, 0.15) is 16.5 Å². The summed E-state index contributed by atoms with van der Waals surface area (Å²) in [6.45, 7) is 8.34.